The number of fused-ring (bicyclic) bond motifs is 1. The van der Waals surface area contributed by atoms with Crippen LogP contribution in [0, 0.1) is 12.8 Å². The van der Waals surface area contributed by atoms with Crippen LogP contribution in [0.3, 0.4) is 0 Å². The van der Waals surface area contributed by atoms with Gasteiger partial charge in [-0.15, -0.1) is 0 Å². The van der Waals surface area contributed by atoms with Crippen LogP contribution in [0.5, 0.6) is 0 Å². The minimum absolute atomic E-state index is 0.166. The summed E-state index contributed by atoms with van der Waals surface area (Å²) in [4.78, 5) is 11.9. The number of ether oxygens (including phenoxy) is 1. The average molecular weight is 313 g/mol. The highest BCUT2D eigenvalue weighted by Crippen LogP contribution is 2.34. The Bertz CT molecular complexity index is 706. The predicted molar refractivity (Wildman–Crippen MR) is 89.6 cm³/mol. The minimum Gasteiger partial charge on any atom is -0.393 e. The summed E-state index contributed by atoms with van der Waals surface area (Å²) in [5.74, 6) is 1.13. The number of benzene rings is 1. The number of aryl methyl sites for hydroxylation is 1. The van der Waals surface area contributed by atoms with Crippen molar-refractivity contribution in [2.24, 2.45) is 5.92 Å². The van der Waals surface area contributed by atoms with Gasteiger partial charge in [0.05, 0.1) is 29.4 Å². The lowest BCUT2D eigenvalue weighted by Gasteiger charge is -2.37. The largest absolute Gasteiger partial charge is 0.393 e. The van der Waals surface area contributed by atoms with Crippen LogP contribution in [-0.2, 0) is 4.74 Å². The Morgan fingerprint density at radius 3 is 2.74 bits per heavy atom. The van der Waals surface area contributed by atoms with Gasteiger partial charge in [0.2, 0.25) is 0 Å². The average Bonchev–Trinajstić information content (AvgIpc) is 3.03. The van der Waals surface area contributed by atoms with E-state index in [4.69, 9.17) is 14.7 Å². The third kappa shape index (κ3) is 2.68. The summed E-state index contributed by atoms with van der Waals surface area (Å²) in [6.45, 7) is 4.31. The van der Waals surface area contributed by atoms with Crippen LogP contribution in [0.2, 0.25) is 0 Å². The molecule has 1 N–H and O–H groups in total. The van der Waals surface area contributed by atoms with Crippen LogP contribution in [0.4, 0.5) is 5.82 Å². The number of aromatic nitrogens is 2. The van der Waals surface area contributed by atoms with E-state index >= 15 is 0 Å². The topological polar surface area (TPSA) is 58.5 Å². The molecule has 4 rings (SSSR count). The molecule has 0 spiro atoms. The van der Waals surface area contributed by atoms with E-state index in [1.54, 1.807) is 0 Å². The van der Waals surface area contributed by atoms with Crippen LogP contribution in [0.25, 0.3) is 11.0 Å². The molecule has 23 heavy (non-hydrogen) atoms. The van der Waals surface area contributed by atoms with Crippen molar-refractivity contribution in [1.29, 1.82) is 0 Å². The molecule has 2 aliphatic rings. The molecule has 0 amide bonds. The number of nitrogens with zero attached hydrogens (tertiary/aromatic N) is 3. The number of hydrogen-bond acceptors (Lipinski definition) is 5. The van der Waals surface area contributed by atoms with E-state index in [1.165, 1.54) is 0 Å². The molecule has 0 aliphatic carbocycles. The zero-order valence-corrected chi connectivity index (χ0v) is 13.5. The normalized spacial score (nSPS) is 28.4. The van der Waals surface area contributed by atoms with Gasteiger partial charge in [0.25, 0.3) is 0 Å². The van der Waals surface area contributed by atoms with Crippen molar-refractivity contribution >= 4 is 16.9 Å². The molecule has 1 aromatic heterocycles. The molecule has 2 saturated heterocycles. The second kappa shape index (κ2) is 6.06. The molecule has 0 radical (unpaired) electrons. The van der Waals surface area contributed by atoms with E-state index < -0.39 is 0 Å². The highest BCUT2D eigenvalue weighted by molar-refractivity contribution is 5.76. The number of para-hydroxylation sites is 2. The van der Waals surface area contributed by atoms with Crippen LogP contribution in [0.1, 0.15) is 25.0 Å². The first kappa shape index (κ1) is 14.8. The van der Waals surface area contributed by atoms with Crippen molar-refractivity contribution in [2.75, 3.05) is 24.7 Å². The Balaban J connectivity index is 1.69. The number of anilines is 1. The second-order valence-corrected chi connectivity index (χ2v) is 6.62. The highest BCUT2D eigenvalue weighted by Gasteiger charge is 2.38. The fourth-order valence-corrected chi connectivity index (χ4v) is 3.97. The van der Waals surface area contributed by atoms with Gasteiger partial charge in [0.1, 0.15) is 0 Å². The first-order valence-electron chi connectivity index (χ1n) is 8.50. The van der Waals surface area contributed by atoms with Crippen molar-refractivity contribution in [3.05, 3.63) is 30.0 Å². The monoisotopic (exact) mass is 313 g/mol. The summed E-state index contributed by atoms with van der Waals surface area (Å²) in [5, 5.41) is 10.4. The van der Waals surface area contributed by atoms with Crippen LogP contribution >= 0.6 is 0 Å². The molecule has 0 unspecified atom stereocenters. The van der Waals surface area contributed by atoms with Crippen LogP contribution in [0.15, 0.2) is 24.3 Å². The molecular formula is C18H23N3O2. The Hall–Kier alpha value is -1.72. The number of rotatable bonds is 2. The molecule has 3 heterocycles. The Morgan fingerprint density at radius 1 is 1.17 bits per heavy atom. The fraction of sp³-hybridized carbons (Fsp3) is 0.556. The third-order valence-electron chi connectivity index (χ3n) is 5.15. The predicted octanol–water partition coefficient (Wildman–Crippen LogP) is 2.30. The van der Waals surface area contributed by atoms with Gasteiger partial charge in [-0.1, -0.05) is 12.1 Å². The van der Waals surface area contributed by atoms with Gasteiger partial charge in [0.15, 0.2) is 5.82 Å². The van der Waals surface area contributed by atoms with Gasteiger partial charge in [-0.25, -0.2) is 9.97 Å². The van der Waals surface area contributed by atoms with E-state index in [0.29, 0.717) is 19.3 Å². The second-order valence-electron chi connectivity index (χ2n) is 6.62. The molecule has 2 aromatic rings. The smallest absolute Gasteiger partial charge is 0.151 e. The van der Waals surface area contributed by atoms with Gasteiger partial charge in [-0.3, -0.25) is 0 Å². The van der Waals surface area contributed by atoms with Crippen molar-refractivity contribution < 1.29 is 9.84 Å². The van der Waals surface area contributed by atoms with Gasteiger partial charge in [-0.05, 0) is 38.3 Å². The SMILES string of the molecule is Cc1nc2ccccc2nc1N1CCC[C@@H]1[C@@H]1COCC[C@@H]1O. The van der Waals surface area contributed by atoms with E-state index in [0.717, 1.165) is 48.4 Å². The van der Waals surface area contributed by atoms with Crippen LogP contribution in [-0.4, -0.2) is 47.0 Å². The molecule has 0 bridgehead atoms. The minimum atomic E-state index is -0.275. The van der Waals surface area contributed by atoms with Gasteiger partial charge in [0, 0.05) is 25.1 Å². The summed E-state index contributed by atoms with van der Waals surface area (Å²) < 4.78 is 5.63. The van der Waals surface area contributed by atoms with E-state index in [-0.39, 0.29) is 12.0 Å². The quantitative estimate of drug-likeness (QED) is 0.922. The molecule has 5 heteroatoms. The standard InChI is InChI=1S/C18H23N3O2/c1-12-18(20-15-6-3-2-5-14(15)19-12)21-9-4-7-16(21)13-11-23-10-8-17(13)22/h2-3,5-6,13,16-17,22H,4,7-11H2,1H3/t13-,16+,17-/m0/s1. The summed E-state index contributed by atoms with van der Waals surface area (Å²) in [5.41, 5.74) is 2.83. The van der Waals surface area contributed by atoms with Crippen LogP contribution < -0.4 is 4.90 Å². The van der Waals surface area contributed by atoms with Gasteiger partial charge in [-0.2, -0.15) is 0 Å². The Kier molecular flexibility index (Phi) is 3.91. The maximum atomic E-state index is 10.4. The number of aliphatic hydroxyl groups is 1. The summed E-state index contributed by atoms with van der Waals surface area (Å²) >= 11 is 0. The first-order valence-corrected chi connectivity index (χ1v) is 8.50. The fourth-order valence-electron chi connectivity index (χ4n) is 3.97. The molecule has 1 aromatic carbocycles. The summed E-state index contributed by atoms with van der Waals surface area (Å²) in [6.07, 6.45) is 2.67. The molecule has 3 atom stereocenters. The lowest BCUT2D eigenvalue weighted by atomic mass is 9.89. The Labute approximate surface area is 136 Å². The van der Waals surface area contributed by atoms with Crippen molar-refractivity contribution in [3.8, 4) is 0 Å². The zero-order valence-electron chi connectivity index (χ0n) is 13.5. The van der Waals surface area contributed by atoms with Crippen molar-refractivity contribution in [3.63, 3.8) is 0 Å². The number of aliphatic hydroxyl groups excluding tert-OH is 1. The molecular weight excluding hydrogens is 290 g/mol. The maximum Gasteiger partial charge on any atom is 0.151 e. The highest BCUT2D eigenvalue weighted by atomic mass is 16.5. The van der Waals surface area contributed by atoms with E-state index in [2.05, 4.69) is 4.90 Å². The summed E-state index contributed by atoms with van der Waals surface area (Å²) in [6, 6.07) is 8.29. The zero-order chi connectivity index (χ0) is 15.8. The third-order valence-corrected chi connectivity index (χ3v) is 5.15. The molecule has 0 saturated carbocycles. The lowest BCUT2D eigenvalue weighted by Crippen LogP contribution is -2.46. The molecule has 122 valence electrons. The van der Waals surface area contributed by atoms with Gasteiger partial charge >= 0.3 is 0 Å². The maximum absolute atomic E-state index is 10.4. The Morgan fingerprint density at radius 2 is 1.96 bits per heavy atom. The molecule has 5 nitrogen and oxygen atoms in total. The van der Waals surface area contributed by atoms with Crippen molar-refractivity contribution in [2.45, 2.75) is 38.3 Å². The van der Waals surface area contributed by atoms with Crippen molar-refractivity contribution in [1.82, 2.24) is 9.97 Å². The molecule has 2 fully saturated rings. The van der Waals surface area contributed by atoms with E-state index in [9.17, 15) is 5.11 Å². The molecule has 2 aliphatic heterocycles. The number of hydrogen-bond donors (Lipinski definition) is 1. The van der Waals surface area contributed by atoms with E-state index in [1.807, 2.05) is 31.2 Å². The first-order chi connectivity index (χ1) is 11.2. The summed E-state index contributed by atoms with van der Waals surface area (Å²) in [7, 11) is 0. The lowest BCUT2D eigenvalue weighted by molar-refractivity contribution is -0.0438. The van der Waals surface area contributed by atoms with Gasteiger partial charge < -0.3 is 14.7 Å².